The van der Waals surface area contributed by atoms with Gasteiger partial charge in [-0.15, -0.1) is 0 Å². The van der Waals surface area contributed by atoms with E-state index >= 15 is 0 Å². The molecule has 13 heavy (non-hydrogen) atoms. The Balaban J connectivity index is 3.08. The van der Waals surface area contributed by atoms with E-state index in [1.54, 1.807) is 6.07 Å². The van der Waals surface area contributed by atoms with Crippen molar-refractivity contribution in [2.75, 3.05) is 6.54 Å². The summed E-state index contributed by atoms with van der Waals surface area (Å²) in [4.78, 5) is 0. The zero-order chi connectivity index (χ0) is 9.84. The topological polar surface area (TPSA) is 66.5 Å². The second kappa shape index (κ2) is 4.25. The molecule has 0 saturated carbocycles. The van der Waals surface area contributed by atoms with Gasteiger partial charge in [-0.05, 0) is 12.0 Å². The number of benzene rings is 1. The van der Waals surface area contributed by atoms with Crippen LogP contribution in [0.25, 0.3) is 0 Å². The third-order valence-electron chi connectivity index (χ3n) is 2.11. The lowest BCUT2D eigenvalue weighted by atomic mass is 10.0. The van der Waals surface area contributed by atoms with Crippen LogP contribution in [0.5, 0.6) is 5.75 Å². The average Bonchev–Trinajstić information content (AvgIpc) is 2.17. The molecule has 1 unspecified atom stereocenters. The Kier molecular flexibility index (Phi) is 3.28. The Morgan fingerprint density at radius 3 is 2.69 bits per heavy atom. The van der Waals surface area contributed by atoms with Crippen molar-refractivity contribution in [2.45, 2.75) is 19.4 Å². The summed E-state index contributed by atoms with van der Waals surface area (Å²) in [6, 6.07) is 5.33. The van der Waals surface area contributed by atoms with Crippen LogP contribution in [0.2, 0.25) is 0 Å². The highest BCUT2D eigenvalue weighted by molar-refractivity contribution is 5.41. The number of phenols is 1. The van der Waals surface area contributed by atoms with Gasteiger partial charge < -0.3 is 15.9 Å². The number of aromatic hydroxyl groups is 1. The molecule has 72 valence electrons. The van der Waals surface area contributed by atoms with E-state index in [0.717, 1.165) is 12.0 Å². The molecule has 1 rings (SSSR count). The fourth-order valence-corrected chi connectivity index (χ4v) is 1.29. The molecule has 1 atom stereocenters. The van der Waals surface area contributed by atoms with E-state index in [-0.39, 0.29) is 12.3 Å². The molecule has 0 aliphatic carbocycles. The van der Waals surface area contributed by atoms with Crippen molar-refractivity contribution in [1.29, 1.82) is 0 Å². The van der Waals surface area contributed by atoms with E-state index in [1.807, 2.05) is 19.1 Å². The fraction of sp³-hybridized carbons (Fsp3) is 0.400. The van der Waals surface area contributed by atoms with Gasteiger partial charge in [0.05, 0.1) is 6.10 Å². The van der Waals surface area contributed by atoms with Crippen LogP contribution in [0.1, 0.15) is 24.2 Å². The number of nitrogens with two attached hydrogens (primary N) is 1. The number of hydrogen-bond donors (Lipinski definition) is 3. The van der Waals surface area contributed by atoms with E-state index in [0.29, 0.717) is 5.56 Å². The Morgan fingerprint density at radius 2 is 2.15 bits per heavy atom. The van der Waals surface area contributed by atoms with Gasteiger partial charge >= 0.3 is 0 Å². The van der Waals surface area contributed by atoms with Crippen molar-refractivity contribution >= 4 is 0 Å². The summed E-state index contributed by atoms with van der Waals surface area (Å²) >= 11 is 0. The minimum Gasteiger partial charge on any atom is -0.507 e. The van der Waals surface area contributed by atoms with Crippen LogP contribution in [0.3, 0.4) is 0 Å². The van der Waals surface area contributed by atoms with Gasteiger partial charge in [-0.25, -0.2) is 0 Å². The largest absolute Gasteiger partial charge is 0.507 e. The minimum absolute atomic E-state index is 0.126. The molecule has 3 heteroatoms. The summed E-state index contributed by atoms with van der Waals surface area (Å²) in [7, 11) is 0. The Morgan fingerprint density at radius 1 is 1.46 bits per heavy atom. The normalized spacial score (nSPS) is 12.8. The summed E-state index contributed by atoms with van der Waals surface area (Å²) in [6.07, 6.45) is -0.0248. The number of phenolic OH excluding ortho intramolecular Hbond substituents is 1. The first kappa shape index (κ1) is 10.0. The SMILES string of the molecule is CCc1cccc(C(O)CN)c1O. The van der Waals surface area contributed by atoms with Crippen LogP contribution in [0.4, 0.5) is 0 Å². The summed E-state index contributed by atoms with van der Waals surface area (Å²) in [5.74, 6) is 0.169. The molecule has 0 spiro atoms. The Hall–Kier alpha value is -1.06. The van der Waals surface area contributed by atoms with Gasteiger partial charge in [0.25, 0.3) is 0 Å². The molecule has 1 aromatic rings. The zero-order valence-electron chi connectivity index (χ0n) is 7.70. The van der Waals surface area contributed by atoms with Crippen molar-refractivity contribution in [3.8, 4) is 5.75 Å². The molecule has 1 aromatic carbocycles. The smallest absolute Gasteiger partial charge is 0.124 e. The van der Waals surface area contributed by atoms with E-state index in [1.165, 1.54) is 0 Å². The summed E-state index contributed by atoms with van der Waals surface area (Å²) in [6.45, 7) is 2.08. The lowest BCUT2D eigenvalue weighted by molar-refractivity contribution is 0.182. The summed E-state index contributed by atoms with van der Waals surface area (Å²) in [5, 5.41) is 19.1. The molecule has 0 amide bonds. The monoisotopic (exact) mass is 181 g/mol. The molecule has 0 saturated heterocycles. The number of aliphatic hydroxyl groups is 1. The van der Waals surface area contributed by atoms with Gasteiger partial charge in [-0.1, -0.05) is 25.1 Å². The Bertz CT molecular complexity index is 286. The average molecular weight is 181 g/mol. The second-order valence-corrected chi connectivity index (χ2v) is 2.96. The van der Waals surface area contributed by atoms with Crippen molar-refractivity contribution in [2.24, 2.45) is 5.73 Å². The third kappa shape index (κ3) is 1.99. The number of hydrogen-bond acceptors (Lipinski definition) is 3. The molecule has 3 nitrogen and oxygen atoms in total. The first-order valence-electron chi connectivity index (χ1n) is 4.39. The molecule has 0 bridgehead atoms. The molecular weight excluding hydrogens is 166 g/mol. The van der Waals surface area contributed by atoms with Crippen LogP contribution in [-0.2, 0) is 6.42 Å². The maximum absolute atomic E-state index is 9.67. The molecule has 0 fully saturated rings. The standard InChI is InChI=1S/C10H15NO2/c1-2-7-4-3-5-8(10(7)13)9(12)6-11/h3-5,9,12-13H,2,6,11H2,1H3. The first-order valence-corrected chi connectivity index (χ1v) is 4.39. The van der Waals surface area contributed by atoms with Crippen LogP contribution in [0.15, 0.2) is 18.2 Å². The number of aliphatic hydroxyl groups excluding tert-OH is 1. The number of rotatable bonds is 3. The van der Waals surface area contributed by atoms with Crippen molar-refractivity contribution < 1.29 is 10.2 Å². The van der Waals surface area contributed by atoms with Crippen LogP contribution >= 0.6 is 0 Å². The fourth-order valence-electron chi connectivity index (χ4n) is 1.29. The predicted octanol–water partition coefficient (Wildman–Crippen LogP) is 0.947. The van der Waals surface area contributed by atoms with Gasteiger partial charge in [0.15, 0.2) is 0 Å². The first-order chi connectivity index (χ1) is 6.20. The lowest BCUT2D eigenvalue weighted by Gasteiger charge is -2.12. The number of para-hydroxylation sites is 1. The van der Waals surface area contributed by atoms with Gasteiger partial charge in [0.1, 0.15) is 5.75 Å². The van der Waals surface area contributed by atoms with Gasteiger partial charge in [0, 0.05) is 12.1 Å². The molecule has 0 aromatic heterocycles. The quantitative estimate of drug-likeness (QED) is 0.650. The molecule has 0 aliphatic heterocycles. The van der Waals surface area contributed by atoms with Crippen LogP contribution in [0, 0.1) is 0 Å². The highest BCUT2D eigenvalue weighted by Crippen LogP contribution is 2.27. The van der Waals surface area contributed by atoms with E-state index in [4.69, 9.17) is 5.73 Å². The minimum atomic E-state index is -0.772. The molecule has 0 radical (unpaired) electrons. The maximum Gasteiger partial charge on any atom is 0.124 e. The van der Waals surface area contributed by atoms with Gasteiger partial charge in [0.2, 0.25) is 0 Å². The molecule has 0 aliphatic rings. The van der Waals surface area contributed by atoms with Crippen LogP contribution in [-0.4, -0.2) is 16.8 Å². The maximum atomic E-state index is 9.67. The van der Waals surface area contributed by atoms with E-state index in [2.05, 4.69) is 0 Å². The van der Waals surface area contributed by atoms with Crippen LogP contribution < -0.4 is 5.73 Å². The van der Waals surface area contributed by atoms with E-state index in [9.17, 15) is 10.2 Å². The van der Waals surface area contributed by atoms with Crippen molar-refractivity contribution in [3.63, 3.8) is 0 Å². The zero-order valence-corrected chi connectivity index (χ0v) is 7.70. The van der Waals surface area contributed by atoms with Gasteiger partial charge in [-0.3, -0.25) is 0 Å². The third-order valence-corrected chi connectivity index (χ3v) is 2.11. The highest BCUT2D eigenvalue weighted by atomic mass is 16.3. The molecule has 4 N–H and O–H groups in total. The number of aryl methyl sites for hydroxylation is 1. The van der Waals surface area contributed by atoms with Gasteiger partial charge in [-0.2, -0.15) is 0 Å². The van der Waals surface area contributed by atoms with E-state index < -0.39 is 6.10 Å². The Labute approximate surface area is 77.8 Å². The predicted molar refractivity (Wildman–Crippen MR) is 51.5 cm³/mol. The lowest BCUT2D eigenvalue weighted by Crippen LogP contribution is -2.11. The molecule has 0 heterocycles. The van der Waals surface area contributed by atoms with Crippen molar-refractivity contribution in [3.05, 3.63) is 29.3 Å². The molecular formula is C10H15NO2. The van der Waals surface area contributed by atoms with Crippen molar-refractivity contribution in [1.82, 2.24) is 0 Å². The highest BCUT2D eigenvalue weighted by Gasteiger charge is 2.11. The second-order valence-electron chi connectivity index (χ2n) is 2.96. The summed E-state index contributed by atoms with van der Waals surface area (Å²) in [5.41, 5.74) is 6.66. The summed E-state index contributed by atoms with van der Waals surface area (Å²) < 4.78 is 0.